The average Bonchev–Trinajstić information content (AvgIpc) is 3.43. The van der Waals surface area contributed by atoms with Gasteiger partial charge in [0.05, 0.1) is 0 Å². The maximum atomic E-state index is 12.8. The highest BCUT2D eigenvalue weighted by atomic mass is 32.1. The fraction of sp³-hybridized carbons (Fsp3) is 0.121. The molecule has 0 aliphatic carbocycles. The molecular formula is C33H28N2O3S2. The normalized spacial score (nSPS) is 15.8. The van der Waals surface area contributed by atoms with E-state index in [1.807, 2.05) is 98.8 Å². The summed E-state index contributed by atoms with van der Waals surface area (Å²) in [7, 11) is 0. The minimum absolute atomic E-state index is 0.117. The minimum Gasteiger partial charge on any atom is -0.456 e. The predicted molar refractivity (Wildman–Crippen MR) is 167 cm³/mol. The van der Waals surface area contributed by atoms with Crippen LogP contribution in [-0.4, -0.2) is 39.8 Å². The largest absolute Gasteiger partial charge is 0.456 e. The first-order chi connectivity index (χ1) is 19.5. The molecule has 2 amide bonds. The van der Waals surface area contributed by atoms with Gasteiger partial charge in [0.15, 0.2) is 5.11 Å². The molecule has 2 aliphatic heterocycles. The Morgan fingerprint density at radius 1 is 0.775 bits per heavy atom. The van der Waals surface area contributed by atoms with E-state index in [0.29, 0.717) is 13.1 Å². The third kappa shape index (κ3) is 5.81. The molecule has 2 aliphatic rings. The molecule has 2 aromatic carbocycles. The van der Waals surface area contributed by atoms with E-state index in [1.54, 1.807) is 23.5 Å². The van der Waals surface area contributed by atoms with Crippen molar-refractivity contribution in [1.82, 2.24) is 9.80 Å². The summed E-state index contributed by atoms with van der Waals surface area (Å²) in [5.74, 6) is 0.870. The molecule has 0 bridgehead atoms. The number of carbonyl (C=O) groups excluding carboxylic acids is 2. The molecule has 0 atom stereocenters. The van der Waals surface area contributed by atoms with E-state index in [9.17, 15) is 9.59 Å². The second-order valence-corrected chi connectivity index (χ2v) is 10.6. The summed E-state index contributed by atoms with van der Waals surface area (Å²) in [6, 6.07) is 24.2. The number of ether oxygens (including phenoxy) is 1. The maximum Gasteiger partial charge on any atom is 0.265 e. The van der Waals surface area contributed by atoms with Gasteiger partial charge < -0.3 is 4.74 Å². The van der Waals surface area contributed by atoms with Crippen molar-refractivity contribution in [2.75, 3.05) is 13.1 Å². The molecule has 7 heteroatoms. The zero-order valence-electron chi connectivity index (χ0n) is 22.2. The average molecular weight is 565 g/mol. The van der Waals surface area contributed by atoms with E-state index in [0.717, 1.165) is 38.0 Å². The fourth-order valence-electron chi connectivity index (χ4n) is 4.44. The van der Waals surface area contributed by atoms with Crippen LogP contribution in [0, 0.1) is 0 Å². The Hall–Kier alpha value is -4.33. The van der Waals surface area contributed by atoms with Gasteiger partial charge >= 0.3 is 0 Å². The first-order valence-electron chi connectivity index (χ1n) is 13.1. The number of likely N-dealkylation sites (N-methyl/N-ethyl adjacent to an activating group) is 2. The predicted octanol–water partition coefficient (Wildman–Crippen LogP) is 7.18. The van der Waals surface area contributed by atoms with Gasteiger partial charge in [0.25, 0.3) is 11.8 Å². The molecule has 200 valence electrons. The van der Waals surface area contributed by atoms with Gasteiger partial charge in [0.1, 0.15) is 17.1 Å². The van der Waals surface area contributed by atoms with Crippen molar-refractivity contribution in [2.24, 2.45) is 0 Å². The molecule has 1 fully saturated rings. The summed E-state index contributed by atoms with van der Waals surface area (Å²) in [5.41, 5.74) is 3.16. The molecule has 5 nitrogen and oxygen atoms in total. The van der Waals surface area contributed by atoms with Crippen LogP contribution >= 0.6 is 23.6 Å². The van der Waals surface area contributed by atoms with Crippen LogP contribution in [-0.2, 0) is 14.3 Å². The molecule has 0 unspecified atom stereocenters. The van der Waals surface area contributed by atoms with Gasteiger partial charge in [0.2, 0.25) is 0 Å². The Labute approximate surface area is 243 Å². The van der Waals surface area contributed by atoms with Gasteiger partial charge in [-0.3, -0.25) is 19.4 Å². The van der Waals surface area contributed by atoms with Crippen molar-refractivity contribution >= 4 is 64.2 Å². The fourth-order valence-corrected chi connectivity index (χ4v) is 5.75. The molecule has 0 spiro atoms. The van der Waals surface area contributed by atoms with Crippen molar-refractivity contribution in [1.29, 1.82) is 0 Å². The van der Waals surface area contributed by atoms with Crippen LogP contribution in [0.1, 0.15) is 34.7 Å². The number of nitrogens with zero attached hydrogens (tertiary/aromatic N) is 2. The van der Waals surface area contributed by atoms with Crippen LogP contribution in [0.25, 0.3) is 23.7 Å². The summed E-state index contributed by atoms with van der Waals surface area (Å²) in [5, 5.41) is 0.263. The van der Waals surface area contributed by atoms with Gasteiger partial charge in [-0.05, 0) is 74.2 Å². The summed E-state index contributed by atoms with van der Waals surface area (Å²) in [6.45, 7) is 4.52. The standard InChI is InChI=1S/C33H28N2O3S2/c1-3-34-31(36)28(32(37)35(4-2)33(34)39)17-11-16-26-18-19-27(40-26)20-23-21-29(24-12-7-5-8-13-24)38-30(22-23)25-14-9-6-10-15-25/h5-22H,3-4H2,1-2H3/b16-11+. The minimum atomic E-state index is -0.356. The highest BCUT2D eigenvalue weighted by Gasteiger charge is 2.37. The Bertz CT molecular complexity index is 1510. The lowest BCUT2D eigenvalue weighted by Gasteiger charge is -2.35. The third-order valence-corrected chi connectivity index (χ3v) is 7.90. The first kappa shape index (κ1) is 27.2. The van der Waals surface area contributed by atoms with Crippen LogP contribution in [0.4, 0.5) is 0 Å². The van der Waals surface area contributed by atoms with Gasteiger partial charge in [-0.2, -0.15) is 0 Å². The molecule has 40 heavy (non-hydrogen) atoms. The van der Waals surface area contributed by atoms with Crippen LogP contribution < -0.4 is 0 Å². The van der Waals surface area contributed by atoms with E-state index in [-0.39, 0.29) is 22.5 Å². The summed E-state index contributed by atoms with van der Waals surface area (Å²) in [4.78, 5) is 30.6. The number of amides is 2. The maximum absolute atomic E-state index is 12.8. The molecule has 0 radical (unpaired) electrons. The van der Waals surface area contributed by atoms with Crippen LogP contribution in [0.15, 0.2) is 108 Å². The highest BCUT2D eigenvalue weighted by molar-refractivity contribution is 7.80. The lowest BCUT2D eigenvalue weighted by molar-refractivity contribution is -0.133. The van der Waals surface area contributed by atoms with Gasteiger partial charge in [-0.1, -0.05) is 66.7 Å². The Morgan fingerprint density at radius 2 is 1.30 bits per heavy atom. The number of thiocarbonyl (C=S) groups is 1. The number of hydrogen-bond acceptors (Lipinski definition) is 5. The number of thiophene rings is 1. The molecule has 0 saturated carbocycles. The zero-order valence-corrected chi connectivity index (χ0v) is 23.9. The smallest absolute Gasteiger partial charge is 0.265 e. The number of hydrogen-bond donors (Lipinski definition) is 0. The Morgan fingerprint density at radius 3 is 1.82 bits per heavy atom. The van der Waals surface area contributed by atoms with Crippen LogP contribution in [0.2, 0.25) is 0 Å². The second-order valence-electron chi connectivity index (χ2n) is 9.06. The Kier molecular flexibility index (Phi) is 8.34. The zero-order chi connectivity index (χ0) is 28.1. The third-order valence-electron chi connectivity index (χ3n) is 6.46. The van der Waals surface area contributed by atoms with Crippen LogP contribution in [0.3, 0.4) is 0 Å². The van der Waals surface area contributed by atoms with E-state index < -0.39 is 0 Å². The molecule has 1 aromatic heterocycles. The monoisotopic (exact) mass is 564 g/mol. The molecule has 0 N–H and O–H groups in total. The summed E-state index contributed by atoms with van der Waals surface area (Å²) >= 11 is 6.94. The highest BCUT2D eigenvalue weighted by Crippen LogP contribution is 2.33. The topological polar surface area (TPSA) is 49.9 Å². The van der Waals surface area contributed by atoms with Crippen molar-refractivity contribution in [3.05, 3.63) is 129 Å². The van der Waals surface area contributed by atoms with Crippen molar-refractivity contribution in [2.45, 2.75) is 13.8 Å². The van der Waals surface area contributed by atoms with Crippen LogP contribution in [0.5, 0.6) is 0 Å². The van der Waals surface area contributed by atoms with Crippen molar-refractivity contribution in [3.63, 3.8) is 0 Å². The quantitative estimate of drug-likeness (QED) is 0.173. The molecular weight excluding hydrogens is 537 g/mol. The second kappa shape index (κ2) is 12.2. The summed E-state index contributed by atoms with van der Waals surface area (Å²) in [6.07, 6.45) is 11.5. The van der Waals surface area contributed by atoms with E-state index in [2.05, 4.69) is 12.1 Å². The number of allylic oxidation sites excluding steroid dienone is 5. The molecule has 5 rings (SSSR count). The first-order valence-corrected chi connectivity index (χ1v) is 14.3. The van der Waals surface area contributed by atoms with Gasteiger partial charge in [-0.25, -0.2) is 0 Å². The van der Waals surface area contributed by atoms with Gasteiger partial charge in [0, 0.05) is 34.0 Å². The van der Waals surface area contributed by atoms with E-state index >= 15 is 0 Å². The number of benzene rings is 2. The lowest BCUT2D eigenvalue weighted by atomic mass is 10.0. The number of rotatable bonds is 7. The Balaban J connectivity index is 1.40. The van der Waals surface area contributed by atoms with Gasteiger partial charge in [-0.15, -0.1) is 11.3 Å². The molecule has 3 aromatic rings. The number of carbonyl (C=O) groups is 2. The molecule has 3 heterocycles. The van der Waals surface area contributed by atoms with Crippen molar-refractivity contribution in [3.8, 4) is 0 Å². The van der Waals surface area contributed by atoms with E-state index in [1.165, 1.54) is 9.80 Å². The lowest BCUT2D eigenvalue weighted by Crippen LogP contribution is -2.55. The molecule has 1 saturated heterocycles. The van der Waals surface area contributed by atoms with Crippen molar-refractivity contribution < 1.29 is 14.3 Å². The summed E-state index contributed by atoms with van der Waals surface area (Å²) < 4.78 is 6.29. The SMILES string of the molecule is CCN1C(=O)C(=C/C=C/c2ccc(C=C3C=C(c4ccccc4)OC(c4ccccc4)=C3)s2)C(=O)N(CC)C1=S. The van der Waals surface area contributed by atoms with E-state index in [4.69, 9.17) is 17.0 Å².